The van der Waals surface area contributed by atoms with Gasteiger partial charge in [0.05, 0.1) is 20.8 Å². The zero-order chi connectivity index (χ0) is 19.5. The molecule has 0 saturated carbocycles. The van der Waals surface area contributed by atoms with Crippen LogP contribution in [0.4, 0.5) is 0 Å². The Kier molecular flexibility index (Phi) is 8.29. The summed E-state index contributed by atoms with van der Waals surface area (Å²) in [5.74, 6) is 3.12. The number of para-hydroxylation sites is 1. The summed E-state index contributed by atoms with van der Waals surface area (Å²) < 4.78 is 16.3. The number of guanidine groups is 1. The number of ether oxygens (including phenoxy) is 3. The Hall–Kier alpha value is -2.89. The molecular formula is C21H29N3O3. The summed E-state index contributed by atoms with van der Waals surface area (Å²) in [6.45, 7) is 4.05. The number of rotatable bonds is 9. The Morgan fingerprint density at radius 1 is 0.963 bits per heavy atom. The van der Waals surface area contributed by atoms with Gasteiger partial charge in [-0.2, -0.15) is 0 Å². The third-order valence-corrected chi connectivity index (χ3v) is 4.09. The lowest BCUT2D eigenvalue weighted by molar-refractivity contribution is 0.336. The second kappa shape index (κ2) is 11.0. The van der Waals surface area contributed by atoms with Gasteiger partial charge in [0.15, 0.2) is 17.5 Å². The Balaban J connectivity index is 1.86. The molecule has 6 heteroatoms. The van der Waals surface area contributed by atoms with Crippen LogP contribution in [0.5, 0.6) is 17.2 Å². The number of aliphatic imine (C=N–C) groups is 1. The molecule has 0 fully saturated rings. The van der Waals surface area contributed by atoms with Crippen LogP contribution in [0.3, 0.4) is 0 Å². The molecule has 0 spiro atoms. The summed E-state index contributed by atoms with van der Waals surface area (Å²) in [5, 5.41) is 6.65. The Bertz CT molecular complexity index is 747. The maximum atomic E-state index is 5.67. The number of nitrogens with zero attached hydrogens (tertiary/aromatic N) is 1. The number of hydrogen-bond donors (Lipinski definition) is 2. The first-order valence-electron chi connectivity index (χ1n) is 9.08. The van der Waals surface area contributed by atoms with Gasteiger partial charge in [0.25, 0.3) is 0 Å². The second-order valence-electron chi connectivity index (χ2n) is 5.83. The van der Waals surface area contributed by atoms with Crippen molar-refractivity contribution in [2.45, 2.75) is 19.9 Å². The molecule has 2 aromatic carbocycles. The minimum Gasteiger partial charge on any atom is -0.494 e. The third kappa shape index (κ3) is 6.09. The molecule has 0 unspecified atom stereocenters. The molecule has 6 nitrogen and oxygen atoms in total. The highest BCUT2D eigenvalue weighted by atomic mass is 16.5. The van der Waals surface area contributed by atoms with E-state index in [2.05, 4.69) is 21.7 Å². The van der Waals surface area contributed by atoms with Crippen LogP contribution in [-0.4, -0.2) is 40.4 Å². The van der Waals surface area contributed by atoms with Crippen LogP contribution in [0.25, 0.3) is 0 Å². The van der Waals surface area contributed by atoms with Crippen molar-refractivity contribution in [2.24, 2.45) is 4.99 Å². The molecule has 2 N–H and O–H groups in total. The smallest absolute Gasteiger partial charge is 0.191 e. The van der Waals surface area contributed by atoms with E-state index in [4.69, 9.17) is 14.2 Å². The van der Waals surface area contributed by atoms with E-state index in [9.17, 15) is 0 Å². The van der Waals surface area contributed by atoms with Crippen LogP contribution in [0.1, 0.15) is 18.1 Å². The highest BCUT2D eigenvalue weighted by molar-refractivity contribution is 5.79. The van der Waals surface area contributed by atoms with Crippen LogP contribution in [0.2, 0.25) is 0 Å². The summed E-state index contributed by atoms with van der Waals surface area (Å²) in [4.78, 5) is 4.28. The van der Waals surface area contributed by atoms with E-state index < -0.39 is 0 Å². The lowest BCUT2D eigenvalue weighted by Crippen LogP contribution is -2.37. The van der Waals surface area contributed by atoms with Gasteiger partial charge >= 0.3 is 0 Å². The largest absolute Gasteiger partial charge is 0.494 e. The van der Waals surface area contributed by atoms with Crippen molar-refractivity contribution < 1.29 is 14.2 Å². The lowest BCUT2D eigenvalue weighted by Gasteiger charge is -2.14. The summed E-state index contributed by atoms with van der Waals surface area (Å²) in [6.07, 6.45) is 0.854. The third-order valence-electron chi connectivity index (χ3n) is 4.09. The van der Waals surface area contributed by atoms with Crippen LogP contribution in [0, 0.1) is 0 Å². The molecular weight excluding hydrogens is 342 g/mol. The van der Waals surface area contributed by atoms with E-state index in [0.29, 0.717) is 18.9 Å². The molecule has 0 atom stereocenters. The maximum absolute atomic E-state index is 5.67. The van der Waals surface area contributed by atoms with E-state index in [-0.39, 0.29) is 0 Å². The van der Waals surface area contributed by atoms with Crippen molar-refractivity contribution in [3.63, 3.8) is 0 Å². The monoisotopic (exact) mass is 371 g/mol. The van der Waals surface area contributed by atoms with Gasteiger partial charge in [0.2, 0.25) is 0 Å². The van der Waals surface area contributed by atoms with Gasteiger partial charge in [0.1, 0.15) is 5.75 Å². The molecule has 0 saturated heterocycles. The van der Waals surface area contributed by atoms with Crippen molar-refractivity contribution in [3.05, 3.63) is 53.6 Å². The zero-order valence-corrected chi connectivity index (χ0v) is 16.5. The number of benzene rings is 2. The second-order valence-corrected chi connectivity index (χ2v) is 5.83. The fourth-order valence-electron chi connectivity index (χ4n) is 2.72. The number of hydrogen-bond acceptors (Lipinski definition) is 4. The lowest BCUT2D eigenvalue weighted by atomic mass is 10.1. The average molecular weight is 371 g/mol. The van der Waals surface area contributed by atoms with Gasteiger partial charge in [-0.3, -0.25) is 4.99 Å². The van der Waals surface area contributed by atoms with Crippen LogP contribution in [-0.2, 0) is 13.0 Å². The van der Waals surface area contributed by atoms with Crippen molar-refractivity contribution >= 4 is 5.96 Å². The minimum atomic E-state index is 0.634. The van der Waals surface area contributed by atoms with Crippen molar-refractivity contribution in [1.29, 1.82) is 0 Å². The number of methoxy groups -OCH3 is 2. The molecule has 2 rings (SSSR count). The summed E-state index contributed by atoms with van der Waals surface area (Å²) in [7, 11) is 5.03. The minimum absolute atomic E-state index is 0.634. The summed E-state index contributed by atoms with van der Waals surface area (Å²) in [5.41, 5.74) is 2.26. The van der Waals surface area contributed by atoms with Gasteiger partial charge in [0, 0.05) is 20.1 Å². The SMILES string of the molecule is CCOc1ccccc1CCNC(=NC)NCc1ccc(OC)c(OC)c1. The highest BCUT2D eigenvalue weighted by Gasteiger charge is 2.06. The molecule has 0 radical (unpaired) electrons. The first-order chi connectivity index (χ1) is 13.2. The fraction of sp³-hybridized carbons (Fsp3) is 0.381. The molecule has 0 aromatic heterocycles. The van der Waals surface area contributed by atoms with Crippen LogP contribution < -0.4 is 24.8 Å². The average Bonchev–Trinajstić information content (AvgIpc) is 2.71. The molecule has 0 amide bonds. The van der Waals surface area contributed by atoms with Gasteiger partial charge < -0.3 is 24.8 Å². The van der Waals surface area contributed by atoms with Gasteiger partial charge in [-0.05, 0) is 42.7 Å². The topological polar surface area (TPSA) is 64.1 Å². The number of nitrogens with one attached hydrogen (secondary N) is 2. The van der Waals surface area contributed by atoms with E-state index >= 15 is 0 Å². The predicted octanol–water partition coefficient (Wildman–Crippen LogP) is 3.01. The Labute approximate surface area is 161 Å². The van der Waals surface area contributed by atoms with Crippen molar-refractivity contribution in [1.82, 2.24) is 10.6 Å². The molecule has 0 aliphatic carbocycles. The molecule has 0 bridgehead atoms. The quantitative estimate of drug-likeness (QED) is 0.524. The first kappa shape index (κ1) is 20.4. The van der Waals surface area contributed by atoms with E-state index in [1.807, 2.05) is 43.3 Å². The summed E-state index contributed by atoms with van der Waals surface area (Å²) >= 11 is 0. The zero-order valence-electron chi connectivity index (χ0n) is 16.5. The predicted molar refractivity (Wildman–Crippen MR) is 109 cm³/mol. The standard InChI is InChI=1S/C21H29N3O3/c1-5-27-18-9-7-6-8-17(18)12-13-23-21(22-2)24-15-16-10-11-19(25-3)20(14-16)26-4/h6-11,14H,5,12-13,15H2,1-4H3,(H2,22,23,24). The maximum Gasteiger partial charge on any atom is 0.191 e. The van der Waals surface area contributed by atoms with Crippen LogP contribution in [0.15, 0.2) is 47.5 Å². The molecule has 0 aliphatic rings. The van der Waals surface area contributed by atoms with Crippen molar-refractivity contribution in [3.8, 4) is 17.2 Å². The van der Waals surface area contributed by atoms with Gasteiger partial charge in [-0.1, -0.05) is 24.3 Å². The first-order valence-corrected chi connectivity index (χ1v) is 9.08. The van der Waals surface area contributed by atoms with E-state index in [1.165, 1.54) is 5.56 Å². The molecule has 27 heavy (non-hydrogen) atoms. The van der Waals surface area contributed by atoms with Gasteiger partial charge in [-0.25, -0.2) is 0 Å². The van der Waals surface area contributed by atoms with E-state index in [0.717, 1.165) is 36.0 Å². The summed E-state index contributed by atoms with van der Waals surface area (Å²) in [6, 6.07) is 14.0. The van der Waals surface area contributed by atoms with Crippen molar-refractivity contribution in [2.75, 3.05) is 34.4 Å². The Morgan fingerprint density at radius 2 is 1.74 bits per heavy atom. The molecule has 146 valence electrons. The molecule has 0 heterocycles. The fourth-order valence-corrected chi connectivity index (χ4v) is 2.72. The highest BCUT2D eigenvalue weighted by Crippen LogP contribution is 2.27. The Morgan fingerprint density at radius 3 is 2.44 bits per heavy atom. The van der Waals surface area contributed by atoms with E-state index in [1.54, 1.807) is 21.3 Å². The van der Waals surface area contributed by atoms with Gasteiger partial charge in [-0.15, -0.1) is 0 Å². The van der Waals surface area contributed by atoms with Crippen LogP contribution >= 0.6 is 0 Å². The molecule has 2 aromatic rings. The normalized spacial score (nSPS) is 11.0. The molecule has 0 aliphatic heterocycles.